The molecule has 0 saturated heterocycles. The molecule has 0 fully saturated rings. The number of fused-ring (bicyclic) bond motifs is 2. The Morgan fingerprint density at radius 2 is 2.00 bits per heavy atom. The van der Waals surface area contributed by atoms with E-state index in [4.69, 9.17) is 24.3 Å². The fourth-order valence-corrected chi connectivity index (χ4v) is 4.90. The Morgan fingerprint density at radius 3 is 2.81 bits per heavy atom. The Bertz CT molecular complexity index is 1480. The molecule has 2 aromatic heterocycles. The molecule has 0 aliphatic heterocycles. The maximum atomic E-state index is 13.6. The first-order chi connectivity index (χ1) is 17.3. The van der Waals surface area contributed by atoms with Gasteiger partial charge < -0.3 is 19.7 Å². The number of carbonyl (C=O) groups excluding carboxylic acids is 1. The molecule has 14 heteroatoms. The van der Waals surface area contributed by atoms with Crippen molar-refractivity contribution in [2.24, 2.45) is 0 Å². The Hall–Kier alpha value is -3.77. The maximum absolute atomic E-state index is 13.6. The molecular formula is C22H25N6O7P. The lowest BCUT2D eigenvalue weighted by atomic mass is 10.1. The van der Waals surface area contributed by atoms with Crippen molar-refractivity contribution >= 4 is 41.6 Å². The van der Waals surface area contributed by atoms with Crippen LogP contribution in [0.1, 0.15) is 6.92 Å². The molecule has 0 bridgehead atoms. The number of hydrogen-bond acceptors (Lipinski definition) is 10. The summed E-state index contributed by atoms with van der Waals surface area (Å²) < 4.78 is 36.7. The third-order valence-electron chi connectivity index (χ3n) is 5.09. The van der Waals surface area contributed by atoms with E-state index in [1.807, 2.05) is 30.3 Å². The Labute approximate surface area is 205 Å². The highest BCUT2D eigenvalue weighted by Crippen LogP contribution is 2.46. The van der Waals surface area contributed by atoms with Gasteiger partial charge in [0.25, 0.3) is 5.56 Å². The monoisotopic (exact) mass is 516 g/mol. The summed E-state index contributed by atoms with van der Waals surface area (Å²) in [6.07, 6.45) is 1.39. The van der Waals surface area contributed by atoms with Crippen LogP contribution in [0.15, 0.2) is 53.6 Å². The van der Waals surface area contributed by atoms with Crippen molar-refractivity contribution < 1.29 is 27.9 Å². The average molecular weight is 516 g/mol. The summed E-state index contributed by atoms with van der Waals surface area (Å²) >= 11 is 0. The van der Waals surface area contributed by atoms with Crippen LogP contribution in [-0.4, -0.2) is 51.9 Å². The number of aromatic nitrogens is 4. The van der Waals surface area contributed by atoms with Gasteiger partial charge in [-0.3, -0.25) is 23.7 Å². The van der Waals surface area contributed by atoms with Crippen molar-refractivity contribution in [1.82, 2.24) is 24.6 Å². The highest BCUT2D eigenvalue weighted by molar-refractivity contribution is 7.52. The van der Waals surface area contributed by atoms with Crippen molar-refractivity contribution in [1.29, 1.82) is 0 Å². The number of nitrogens with one attached hydrogen (secondary N) is 2. The van der Waals surface area contributed by atoms with Crippen LogP contribution in [-0.2, 0) is 30.1 Å². The standard InChI is InChI=1S/C22H25N6O7P/c1-14(21(30)32-2)27-36(31,35-17-9-5-7-15-6-3-4-8-16(15)17)34-11-10-33-13-28-12-24-18-19(28)25-22(23)26-20(18)29/h3-9,12,14H,10-11,13H2,1-2H3,(H,27,31)(H3,23,25,26,29)/t14-,36?/m0/s1. The molecule has 2 aromatic carbocycles. The largest absolute Gasteiger partial charge is 0.468 e. The smallest absolute Gasteiger partial charge is 0.459 e. The summed E-state index contributed by atoms with van der Waals surface area (Å²) in [5.41, 5.74) is 5.51. The number of aromatic amines is 1. The van der Waals surface area contributed by atoms with Gasteiger partial charge >= 0.3 is 13.7 Å². The highest BCUT2D eigenvalue weighted by Gasteiger charge is 2.32. The van der Waals surface area contributed by atoms with Crippen molar-refractivity contribution in [2.45, 2.75) is 19.7 Å². The van der Waals surface area contributed by atoms with Crippen LogP contribution in [0.4, 0.5) is 5.95 Å². The number of H-pyrrole nitrogens is 1. The van der Waals surface area contributed by atoms with Crippen LogP contribution >= 0.6 is 7.75 Å². The lowest BCUT2D eigenvalue weighted by Gasteiger charge is -2.23. The second-order valence-corrected chi connectivity index (χ2v) is 9.34. The van der Waals surface area contributed by atoms with Crippen LogP contribution in [0.3, 0.4) is 0 Å². The van der Waals surface area contributed by atoms with Gasteiger partial charge in [0.15, 0.2) is 11.2 Å². The van der Waals surface area contributed by atoms with Crippen LogP contribution in [0, 0.1) is 0 Å². The molecule has 0 radical (unpaired) electrons. The van der Waals surface area contributed by atoms with Gasteiger partial charge in [-0.15, -0.1) is 0 Å². The molecule has 1 unspecified atom stereocenters. The van der Waals surface area contributed by atoms with Gasteiger partial charge in [0, 0.05) is 5.39 Å². The van der Waals surface area contributed by atoms with Crippen molar-refractivity contribution in [3.8, 4) is 5.75 Å². The van der Waals surface area contributed by atoms with Crippen LogP contribution < -0.4 is 20.9 Å². The molecular weight excluding hydrogens is 491 g/mol. The number of benzene rings is 2. The van der Waals surface area contributed by atoms with E-state index in [2.05, 4.69) is 20.0 Å². The number of carbonyl (C=O) groups is 1. The van der Waals surface area contributed by atoms with E-state index < -0.39 is 25.3 Å². The summed E-state index contributed by atoms with van der Waals surface area (Å²) in [4.78, 5) is 34.2. The molecule has 0 amide bonds. The van der Waals surface area contributed by atoms with Gasteiger partial charge in [0.2, 0.25) is 5.95 Å². The fourth-order valence-electron chi connectivity index (χ4n) is 3.41. The number of nitrogens with two attached hydrogens (primary N) is 1. The molecule has 36 heavy (non-hydrogen) atoms. The number of methoxy groups -OCH3 is 1. The SMILES string of the molecule is COC(=O)[C@H](C)NP(=O)(OCCOCn1cnc2c(=O)[nH]c(N)nc21)Oc1cccc2ccccc12. The first-order valence-corrected chi connectivity index (χ1v) is 12.4. The van der Waals surface area contributed by atoms with E-state index in [-0.39, 0.29) is 37.1 Å². The first-order valence-electron chi connectivity index (χ1n) is 10.9. The minimum absolute atomic E-state index is 0.00445. The van der Waals surface area contributed by atoms with Crippen molar-refractivity contribution in [2.75, 3.05) is 26.1 Å². The molecule has 0 saturated carbocycles. The average Bonchev–Trinajstić information content (AvgIpc) is 3.26. The van der Waals surface area contributed by atoms with Gasteiger partial charge in [0.1, 0.15) is 18.5 Å². The van der Waals surface area contributed by atoms with Crippen LogP contribution in [0.25, 0.3) is 21.9 Å². The molecule has 0 spiro atoms. The fraction of sp³-hybridized carbons (Fsp3) is 0.273. The minimum atomic E-state index is -4.05. The first kappa shape index (κ1) is 25.3. The molecule has 4 rings (SSSR count). The predicted octanol–water partition coefficient (Wildman–Crippen LogP) is 2.18. The van der Waals surface area contributed by atoms with E-state index in [0.717, 1.165) is 10.8 Å². The number of nitrogen functional groups attached to an aromatic ring is 1. The molecule has 190 valence electrons. The van der Waals surface area contributed by atoms with E-state index in [0.29, 0.717) is 5.75 Å². The minimum Gasteiger partial charge on any atom is -0.468 e. The summed E-state index contributed by atoms with van der Waals surface area (Å²) in [7, 11) is -2.82. The number of hydrogen-bond donors (Lipinski definition) is 3. The normalized spacial score (nSPS) is 13.9. The number of ether oxygens (including phenoxy) is 2. The van der Waals surface area contributed by atoms with Crippen molar-refractivity contribution in [3.05, 3.63) is 59.1 Å². The zero-order valence-corrected chi connectivity index (χ0v) is 20.4. The van der Waals surface area contributed by atoms with Crippen molar-refractivity contribution in [3.63, 3.8) is 0 Å². The number of imidazole rings is 1. The number of esters is 1. The van der Waals surface area contributed by atoms with Gasteiger partial charge in [-0.25, -0.2) is 9.55 Å². The summed E-state index contributed by atoms with van der Waals surface area (Å²) in [6, 6.07) is 11.8. The van der Waals surface area contributed by atoms with Crippen LogP contribution in [0.2, 0.25) is 0 Å². The molecule has 2 heterocycles. The predicted molar refractivity (Wildman–Crippen MR) is 131 cm³/mol. The molecule has 4 aromatic rings. The van der Waals surface area contributed by atoms with Gasteiger partial charge in [-0.2, -0.15) is 10.1 Å². The van der Waals surface area contributed by atoms with Gasteiger partial charge in [-0.05, 0) is 18.4 Å². The van der Waals surface area contributed by atoms with E-state index in [1.165, 1.54) is 24.9 Å². The third kappa shape index (κ3) is 5.71. The third-order valence-corrected chi connectivity index (χ3v) is 6.75. The Kier molecular flexibility index (Phi) is 7.65. The van der Waals surface area contributed by atoms with Crippen LogP contribution in [0.5, 0.6) is 5.75 Å². The Balaban J connectivity index is 1.43. The highest BCUT2D eigenvalue weighted by atomic mass is 31.2. The topological polar surface area (TPSA) is 173 Å². The lowest BCUT2D eigenvalue weighted by molar-refractivity contribution is -0.142. The molecule has 2 atom stereocenters. The molecule has 4 N–H and O–H groups in total. The summed E-state index contributed by atoms with van der Waals surface area (Å²) in [6.45, 7) is 1.31. The molecule has 13 nitrogen and oxygen atoms in total. The number of nitrogens with zero attached hydrogens (tertiary/aromatic N) is 3. The lowest BCUT2D eigenvalue weighted by Crippen LogP contribution is -2.34. The maximum Gasteiger partial charge on any atom is 0.459 e. The van der Waals surface area contributed by atoms with Gasteiger partial charge in [-0.1, -0.05) is 36.4 Å². The van der Waals surface area contributed by atoms with Gasteiger partial charge in [0.05, 0.1) is 26.7 Å². The second-order valence-electron chi connectivity index (χ2n) is 7.65. The number of rotatable bonds is 11. The second kappa shape index (κ2) is 10.9. The number of anilines is 1. The quantitative estimate of drug-likeness (QED) is 0.151. The van der Waals surface area contributed by atoms with E-state index in [9.17, 15) is 14.2 Å². The zero-order valence-electron chi connectivity index (χ0n) is 19.5. The zero-order chi connectivity index (χ0) is 25.7. The van der Waals surface area contributed by atoms with E-state index in [1.54, 1.807) is 12.1 Å². The molecule has 0 aliphatic carbocycles. The molecule has 0 aliphatic rings. The summed E-state index contributed by atoms with van der Waals surface area (Å²) in [5.74, 6) is -0.360. The Morgan fingerprint density at radius 1 is 1.22 bits per heavy atom. The van der Waals surface area contributed by atoms with E-state index >= 15 is 0 Å². The summed E-state index contributed by atoms with van der Waals surface area (Å²) in [5, 5.41) is 4.21.